The molecule has 0 aliphatic carbocycles. The van der Waals surface area contributed by atoms with Crippen molar-refractivity contribution in [2.24, 2.45) is 0 Å². The Kier molecular flexibility index (Phi) is 6.38. The summed E-state index contributed by atoms with van der Waals surface area (Å²) in [5.41, 5.74) is 1.26. The summed E-state index contributed by atoms with van der Waals surface area (Å²) in [7, 11) is 0.579. The number of hydrogen-bond donors (Lipinski definition) is 2. The number of carbonyl (C=O) groups excluding carboxylic acids is 1. The van der Waals surface area contributed by atoms with E-state index in [4.69, 9.17) is 9.84 Å². The minimum absolute atomic E-state index is 0.0438. The molecular weight excluding hydrogens is 313 g/mol. The summed E-state index contributed by atoms with van der Waals surface area (Å²) in [6.45, 7) is 0.131. The van der Waals surface area contributed by atoms with Crippen LogP contribution in [0, 0.1) is 0 Å². The molecule has 1 aromatic carbocycles. The van der Waals surface area contributed by atoms with Crippen LogP contribution in [0.3, 0.4) is 0 Å². The normalized spacial score (nSPS) is 11.5. The van der Waals surface area contributed by atoms with Gasteiger partial charge in [0.2, 0.25) is 0 Å². The van der Waals surface area contributed by atoms with Gasteiger partial charge in [-0.25, -0.2) is 0 Å². The van der Waals surface area contributed by atoms with Crippen LogP contribution in [0.1, 0.15) is 11.3 Å². The molecule has 24 heavy (non-hydrogen) atoms. The first-order valence-corrected chi connectivity index (χ1v) is 7.24. The van der Waals surface area contributed by atoms with Crippen LogP contribution in [0.15, 0.2) is 42.9 Å². The van der Waals surface area contributed by atoms with Crippen molar-refractivity contribution >= 4 is 19.2 Å². The third-order valence-corrected chi connectivity index (χ3v) is 3.21. The number of benzene rings is 1. The molecule has 0 radical (unpaired) electrons. The molecule has 0 saturated carbocycles. The minimum atomic E-state index is -1.10. The van der Waals surface area contributed by atoms with Gasteiger partial charge in [0.1, 0.15) is 0 Å². The second-order valence-electron chi connectivity index (χ2n) is 4.98. The van der Waals surface area contributed by atoms with E-state index in [0.717, 1.165) is 10.1 Å². The van der Waals surface area contributed by atoms with Gasteiger partial charge in [0.25, 0.3) is 0 Å². The molecular formula is C15H16BN3O5. The van der Waals surface area contributed by atoms with Crippen LogP contribution in [0.25, 0.3) is 0 Å². The first-order valence-electron chi connectivity index (χ1n) is 7.24. The number of carboxylic acid groups (broad SMARTS) is 1. The Hall–Kier alpha value is -2.81. The fraction of sp³-hybridized carbons (Fsp3) is 0.267. The molecule has 0 saturated heterocycles. The number of carbonyl (C=O) groups is 2. The Morgan fingerprint density at radius 2 is 2.08 bits per heavy atom. The number of imidazole rings is 1. The molecule has 1 atom stereocenters. The van der Waals surface area contributed by atoms with Gasteiger partial charge in [0.15, 0.2) is 0 Å². The predicted octanol–water partition coefficient (Wildman–Crippen LogP) is 0.660. The van der Waals surface area contributed by atoms with Crippen LogP contribution in [0.5, 0.6) is 0 Å². The Labute approximate surface area is 138 Å². The van der Waals surface area contributed by atoms with Crippen molar-refractivity contribution < 1.29 is 24.1 Å². The first-order chi connectivity index (χ1) is 11.6. The number of hydrogen-bond acceptors (Lipinski definition) is 6. The Bertz CT molecular complexity index is 704. The molecule has 8 nitrogen and oxygen atoms in total. The van der Waals surface area contributed by atoms with Crippen LogP contribution >= 0.6 is 0 Å². The van der Waals surface area contributed by atoms with Crippen molar-refractivity contribution in [2.75, 3.05) is 6.44 Å². The Morgan fingerprint density at radius 3 is 2.75 bits per heavy atom. The molecule has 1 heterocycles. The number of nitrogens with zero attached hydrogens (tertiary/aromatic N) is 2. The number of nitrogens with one attached hydrogen (secondary N) is 1. The fourth-order valence-corrected chi connectivity index (χ4v) is 2.01. The van der Waals surface area contributed by atoms with Crippen molar-refractivity contribution in [3.63, 3.8) is 0 Å². The van der Waals surface area contributed by atoms with Gasteiger partial charge < -0.3 is 0 Å². The SMILES string of the molecule is O=BCNC(Cc1cn(C(=O)OCc2ccccc2)cn1)C(=O)O. The van der Waals surface area contributed by atoms with Crippen LogP contribution < -0.4 is 5.32 Å². The molecule has 1 unspecified atom stereocenters. The third kappa shape index (κ3) is 5.13. The summed E-state index contributed by atoms with van der Waals surface area (Å²) in [4.78, 5) is 27.0. The van der Waals surface area contributed by atoms with E-state index in [9.17, 15) is 14.3 Å². The Balaban J connectivity index is 1.92. The maximum atomic E-state index is 11.9. The van der Waals surface area contributed by atoms with E-state index < -0.39 is 18.1 Å². The zero-order chi connectivity index (χ0) is 17.4. The average molecular weight is 329 g/mol. The molecule has 124 valence electrons. The van der Waals surface area contributed by atoms with Crippen LogP contribution in [-0.4, -0.2) is 46.4 Å². The molecule has 1 aromatic heterocycles. The van der Waals surface area contributed by atoms with Crippen molar-refractivity contribution in [1.82, 2.24) is 14.9 Å². The van der Waals surface area contributed by atoms with E-state index in [1.165, 1.54) is 12.5 Å². The van der Waals surface area contributed by atoms with Gasteiger partial charge in [-0.15, -0.1) is 0 Å². The number of rotatable bonds is 8. The van der Waals surface area contributed by atoms with Crippen molar-refractivity contribution in [3.05, 3.63) is 54.1 Å². The van der Waals surface area contributed by atoms with Gasteiger partial charge in [-0.1, -0.05) is 18.2 Å². The summed E-state index contributed by atoms with van der Waals surface area (Å²) in [5, 5.41) is 11.7. The van der Waals surface area contributed by atoms with Crippen molar-refractivity contribution in [3.8, 4) is 0 Å². The maximum absolute atomic E-state index is 11.9. The standard InChI is InChI=1S/C15H16BN3O5/c20-14(21)13(17-9-16-23)6-12-7-19(10-18-12)15(22)24-8-11-4-2-1-3-5-11/h1-5,7,10,13,17H,6,8-9H2,(H,20,21). The zero-order valence-corrected chi connectivity index (χ0v) is 12.8. The molecule has 0 aliphatic rings. The second kappa shape index (κ2) is 8.73. The van der Waals surface area contributed by atoms with E-state index in [-0.39, 0.29) is 19.5 Å². The van der Waals surface area contributed by atoms with Crippen LogP contribution in [0.2, 0.25) is 0 Å². The average Bonchev–Trinajstić information content (AvgIpc) is 3.06. The number of aliphatic carboxylic acids is 1. The third-order valence-electron chi connectivity index (χ3n) is 3.21. The van der Waals surface area contributed by atoms with Gasteiger partial charge in [-0.3, -0.25) is 0 Å². The molecule has 2 N–H and O–H groups in total. The van der Waals surface area contributed by atoms with E-state index >= 15 is 0 Å². The zero-order valence-electron chi connectivity index (χ0n) is 12.8. The molecule has 0 aliphatic heterocycles. The van der Waals surface area contributed by atoms with Gasteiger partial charge in [-0.05, 0) is 0 Å². The van der Waals surface area contributed by atoms with Gasteiger partial charge in [0, 0.05) is 0 Å². The predicted molar refractivity (Wildman–Crippen MR) is 83.8 cm³/mol. The second-order valence-corrected chi connectivity index (χ2v) is 4.98. The van der Waals surface area contributed by atoms with Crippen molar-refractivity contribution in [1.29, 1.82) is 0 Å². The fourth-order valence-electron chi connectivity index (χ4n) is 2.01. The summed E-state index contributed by atoms with van der Waals surface area (Å²) < 4.78 is 16.6. The molecule has 0 fully saturated rings. The van der Waals surface area contributed by atoms with E-state index in [1.54, 1.807) is 0 Å². The molecule has 9 heteroatoms. The molecule has 2 rings (SSSR count). The number of aromatic nitrogens is 2. The van der Waals surface area contributed by atoms with Crippen LogP contribution in [0.4, 0.5) is 4.79 Å². The quantitative estimate of drug-likeness (QED) is 0.685. The van der Waals surface area contributed by atoms with Crippen LogP contribution in [-0.2, 0) is 27.3 Å². The molecule has 0 bridgehead atoms. The van der Waals surface area contributed by atoms with Gasteiger partial charge in [-0.2, -0.15) is 0 Å². The Morgan fingerprint density at radius 1 is 1.33 bits per heavy atom. The van der Waals surface area contributed by atoms with E-state index in [2.05, 4.69) is 10.3 Å². The summed E-state index contributed by atoms with van der Waals surface area (Å²) in [6, 6.07) is 8.27. The summed E-state index contributed by atoms with van der Waals surface area (Å²) >= 11 is 0. The molecule has 0 amide bonds. The number of ether oxygens (including phenoxy) is 1. The monoisotopic (exact) mass is 329 g/mol. The molecule has 0 spiro atoms. The van der Waals surface area contributed by atoms with E-state index in [0.29, 0.717) is 12.8 Å². The topological polar surface area (TPSA) is 111 Å². The molecule has 2 aromatic rings. The van der Waals surface area contributed by atoms with E-state index in [1.807, 2.05) is 30.3 Å². The van der Waals surface area contributed by atoms with Crippen molar-refractivity contribution in [2.45, 2.75) is 19.1 Å². The summed E-state index contributed by atoms with van der Waals surface area (Å²) in [5.74, 6) is -1.10. The number of carboxylic acids is 1. The first kappa shape index (κ1) is 17.5. The summed E-state index contributed by atoms with van der Waals surface area (Å²) in [6.07, 6.45) is 2.04. The van der Waals surface area contributed by atoms with Gasteiger partial charge in [0.05, 0.1) is 0 Å². The van der Waals surface area contributed by atoms with Gasteiger partial charge >= 0.3 is 120 Å².